The number of rotatable bonds is 9. The summed E-state index contributed by atoms with van der Waals surface area (Å²) in [7, 11) is 0. The maximum absolute atomic E-state index is 11.8. The molecule has 0 aromatic heterocycles. The lowest BCUT2D eigenvalue weighted by Gasteiger charge is -2.34. The second-order valence-corrected chi connectivity index (χ2v) is 6.86. The third-order valence-corrected chi connectivity index (χ3v) is 4.90. The molecule has 1 aliphatic rings. The topological polar surface area (TPSA) is 131 Å². The summed E-state index contributed by atoms with van der Waals surface area (Å²) in [5.74, 6) is -1.17. The van der Waals surface area contributed by atoms with E-state index in [2.05, 4.69) is 24.2 Å². The average Bonchev–Trinajstić information content (AvgIpc) is 2.87. The van der Waals surface area contributed by atoms with E-state index in [-0.39, 0.29) is 29.9 Å². The average molecular weight is 340 g/mol. The van der Waals surface area contributed by atoms with Crippen LogP contribution in [-0.2, 0) is 9.59 Å². The van der Waals surface area contributed by atoms with Gasteiger partial charge in [-0.25, -0.2) is 4.99 Å². The Morgan fingerprint density at radius 1 is 1.21 bits per heavy atom. The second-order valence-electron chi connectivity index (χ2n) is 6.86. The second kappa shape index (κ2) is 9.49. The molecule has 0 aromatic rings. The van der Waals surface area contributed by atoms with E-state index in [1.165, 1.54) is 6.92 Å². The molecule has 0 saturated heterocycles. The molecule has 1 saturated carbocycles. The summed E-state index contributed by atoms with van der Waals surface area (Å²) < 4.78 is 0. The number of aliphatic imine (C=N–C) groups is 1. The van der Waals surface area contributed by atoms with Gasteiger partial charge in [-0.05, 0) is 31.6 Å². The molecule has 4 atom stereocenters. The number of carboxylic acid groups (broad SMARTS) is 1. The molecule has 138 valence electrons. The molecular weight excluding hydrogens is 308 g/mol. The quantitative estimate of drug-likeness (QED) is 0.373. The molecule has 0 spiro atoms. The first-order chi connectivity index (χ1) is 11.3. The van der Waals surface area contributed by atoms with Gasteiger partial charge in [-0.15, -0.1) is 0 Å². The van der Waals surface area contributed by atoms with Gasteiger partial charge in [0.15, 0.2) is 5.96 Å². The summed E-state index contributed by atoms with van der Waals surface area (Å²) in [5, 5.41) is 12.5. The summed E-state index contributed by atoms with van der Waals surface area (Å²) in [6.07, 6.45) is 4.92. The molecule has 0 aromatic carbocycles. The molecule has 24 heavy (non-hydrogen) atoms. The van der Waals surface area contributed by atoms with Crippen molar-refractivity contribution in [1.29, 1.82) is 0 Å². The zero-order valence-electron chi connectivity index (χ0n) is 15.0. The first kappa shape index (κ1) is 20.3. The van der Waals surface area contributed by atoms with Crippen LogP contribution < -0.4 is 16.8 Å². The Hall–Kier alpha value is -1.79. The minimum absolute atomic E-state index is 0.0276. The van der Waals surface area contributed by atoms with Crippen molar-refractivity contribution in [3.05, 3.63) is 0 Å². The standard InChI is InChI=1S/C17H32N4O3/c1-4-6-11(7-5-2)15(20-10(3)22)13-8-12(16(23)24)9-14(13)21-17(18)19/h11-15H,4-9H2,1-3H3,(H,20,22)(H,23,24)(H4,18,19,21)/t12-,13+,14+,15?/m0/s1. The molecule has 7 heteroatoms. The number of aliphatic carboxylic acids is 1. The maximum atomic E-state index is 11.8. The highest BCUT2D eigenvalue weighted by molar-refractivity contribution is 5.76. The monoisotopic (exact) mass is 340 g/mol. The van der Waals surface area contributed by atoms with Crippen LogP contribution in [0.15, 0.2) is 4.99 Å². The third-order valence-electron chi connectivity index (χ3n) is 4.90. The number of nitrogens with one attached hydrogen (secondary N) is 1. The fourth-order valence-corrected chi connectivity index (χ4v) is 4.03. The molecule has 1 unspecified atom stereocenters. The number of carbonyl (C=O) groups excluding carboxylic acids is 1. The Balaban J connectivity index is 3.12. The van der Waals surface area contributed by atoms with E-state index in [1.54, 1.807) is 0 Å². The molecule has 1 amide bonds. The molecule has 0 heterocycles. The number of nitrogens with zero attached hydrogens (tertiary/aromatic N) is 1. The van der Waals surface area contributed by atoms with Crippen LogP contribution >= 0.6 is 0 Å². The molecule has 6 N–H and O–H groups in total. The van der Waals surface area contributed by atoms with E-state index in [1.807, 2.05) is 0 Å². The lowest BCUT2D eigenvalue weighted by Crippen LogP contribution is -2.47. The molecule has 0 radical (unpaired) electrons. The molecule has 0 bridgehead atoms. The molecule has 1 aliphatic carbocycles. The van der Waals surface area contributed by atoms with Gasteiger partial charge in [-0.2, -0.15) is 0 Å². The predicted octanol–water partition coefficient (Wildman–Crippen LogP) is 1.46. The van der Waals surface area contributed by atoms with Crippen LogP contribution in [0, 0.1) is 17.8 Å². The Morgan fingerprint density at radius 2 is 1.79 bits per heavy atom. The number of carbonyl (C=O) groups is 2. The summed E-state index contributed by atoms with van der Waals surface area (Å²) in [5.41, 5.74) is 11.1. The van der Waals surface area contributed by atoms with Crippen LogP contribution in [-0.4, -0.2) is 35.0 Å². The lowest BCUT2D eigenvalue weighted by atomic mass is 9.80. The van der Waals surface area contributed by atoms with Gasteiger partial charge in [0.25, 0.3) is 0 Å². The van der Waals surface area contributed by atoms with Crippen LogP contribution in [0.25, 0.3) is 0 Å². The number of guanidine groups is 1. The van der Waals surface area contributed by atoms with Gasteiger partial charge in [-0.3, -0.25) is 9.59 Å². The van der Waals surface area contributed by atoms with Crippen LogP contribution in [0.4, 0.5) is 0 Å². The minimum Gasteiger partial charge on any atom is -0.481 e. The first-order valence-electron chi connectivity index (χ1n) is 8.88. The highest BCUT2D eigenvalue weighted by atomic mass is 16.4. The third kappa shape index (κ3) is 5.69. The van der Waals surface area contributed by atoms with E-state index in [4.69, 9.17) is 11.5 Å². The number of hydrogen-bond donors (Lipinski definition) is 4. The van der Waals surface area contributed by atoms with Crippen molar-refractivity contribution >= 4 is 17.8 Å². The summed E-state index contributed by atoms with van der Waals surface area (Å²) in [4.78, 5) is 27.5. The van der Waals surface area contributed by atoms with Crippen molar-refractivity contribution in [2.24, 2.45) is 34.2 Å². The lowest BCUT2D eigenvalue weighted by molar-refractivity contribution is -0.141. The maximum Gasteiger partial charge on any atom is 0.306 e. The van der Waals surface area contributed by atoms with Gasteiger partial charge >= 0.3 is 5.97 Å². The Kier molecular flexibility index (Phi) is 8.01. The van der Waals surface area contributed by atoms with E-state index in [0.29, 0.717) is 18.8 Å². The first-order valence-corrected chi connectivity index (χ1v) is 8.88. The van der Waals surface area contributed by atoms with Gasteiger partial charge in [0.1, 0.15) is 0 Å². The fraction of sp³-hybridized carbons (Fsp3) is 0.824. The zero-order valence-corrected chi connectivity index (χ0v) is 15.0. The SMILES string of the molecule is CCCC(CCC)C(NC(C)=O)[C@@H]1C[C@H](C(=O)O)C[C@H]1N=C(N)N. The summed E-state index contributed by atoms with van der Waals surface area (Å²) >= 11 is 0. The van der Waals surface area contributed by atoms with E-state index >= 15 is 0 Å². The van der Waals surface area contributed by atoms with E-state index in [9.17, 15) is 14.7 Å². The summed E-state index contributed by atoms with van der Waals surface area (Å²) in [6, 6.07) is -0.357. The number of carboxylic acids is 1. The van der Waals surface area contributed by atoms with Crippen molar-refractivity contribution in [3.8, 4) is 0 Å². The number of nitrogens with two attached hydrogens (primary N) is 2. The molecule has 7 nitrogen and oxygen atoms in total. The molecule has 1 rings (SSSR count). The van der Waals surface area contributed by atoms with E-state index in [0.717, 1.165) is 25.7 Å². The van der Waals surface area contributed by atoms with Gasteiger partial charge in [0.2, 0.25) is 5.91 Å². The van der Waals surface area contributed by atoms with Crippen molar-refractivity contribution in [2.45, 2.75) is 71.4 Å². The Morgan fingerprint density at radius 3 is 2.21 bits per heavy atom. The van der Waals surface area contributed by atoms with Gasteiger partial charge in [0.05, 0.1) is 12.0 Å². The minimum atomic E-state index is -0.822. The summed E-state index contributed by atoms with van der Waals surface area (Å²) in [6.45, 7) is 5.74. The van der Waals surface area contributed by atoms with Crippen LogP contribution in [0.2, 0.25) is 0 Å². The van der Waals surface area contributed by atoms with Gasteiger partial charge in [0, 0.05) is 18.9 Å². The number of amides is 1. The largest absolute Gasteiger partial charge is 0.481 e. The van der Waals surface area contributed by atoms with Gasteiger partial charge in [-0.1, -0.05) is 26.7 Å². The highest BCUT2D eigenvalue weighted by Crippen LogP contribution is 2.39. The van der Waals surface area contributed by atoms with Crippen molar-refractivity contribution in [2.75, 3.05) is 0 Å². The Bertz CT molecular complexity index is 457. The normalized spacial score (nSPS) is 24.6. The molecular formula is C17H32N4O3. The Labute approximate surface area is 144 Å². The fourth-order valence-electron chi connectivity index (χ4n) is 4.03. The highest BCUT2D eigenvalue weighted by Gasteiger charge is 2.44. The van der Waals surface area contributed by atoms with Crippen LogP contribution in [0.3, 0.4) is 0 Å². The zero-order chi connectivity index (χ0) is 18.3. The van der Waals surface area contributed by atoms with Gasteiger partial charge < -0.3 is 21.9 Å². The molecule has 1 fully saturated rings. The van der Waals surface area contributed by atoms with Crippen molar-refractivity contribution < 1.29 is 14.7 Å². The van der Waals surface area contributed by atoms with Crippen LogP contribution in [0.1, 0.15) is 59.3 Å². The van der Waals surface area contributed by atoms with Crippen molar-refractivity contribution in [3.63, 3.8) is 0 Å². The predicted molar refractivity (Wildman–Crippen MR) is 94.4 cm³/mol. The molecule has 0 aliphatic heterocycles. The van der Waals surface area contributed by atoms with E-state index < -0.39 is 11.9 Å². The smallest absolute Gasteiger partial charge is 0.306 e. The van der Waals surface area contributed by atoms with Crippen molar-refractivity contribution in [1.82, 2.24) is 5.32 Å². The number of hydrogen-bond acceptors (Lipinski definition) is 3. The van der Waals surface area contributed by atoms with Crippen LogP contribution in [0.5, 0.6) is 0 Å².